The minimum Gasteiger partial charge on any atom is -0.326 e. The summed E-state index contributed by atoms with van der Waals surface area (Å²) in [6.07, 6.45) is 3.00. The maximum Gasteiger partial charge on any atom is 0.133 e. The van der Waals surface area contributed by atoms with Gasteiger partial charge in [0.15, 0.2) is 0 Å². The molecule has 1 atom stereocenters. The summed E-state index contributed by atoms with van der Waals surface area (Å²) in [5.74, 6) is 1.02. The van der Waals surface area contributed by atoms with Gasteiger partial charge >= 0.3 is 0 Å². The van der Waals surface area contributed by atoms with Gasteiger partial charge in [-0.15, -0.1) is 0 Å². The van der Waals surface area contributed by atoms with Gasteiger partial charge in [0, 0.05) is 24.5 Å². The number of pyridine rings is 1. The molecule has 2 aromatic rings. The lowest BCUT2D eigenvalue weighted by Gasteiger charge is -2.20. The Morgan fingerprint density at radius 2 is 2.11 bits per heavy atom. The molecule has 3 rings (SSSR count). The van der Waals surface area contributed by atoms with Crippen molar-refractivity contribution in [3.63, 3.8) is 0 Å². The predicted octanol–water partition coefficient (Wildman–Crippen LogP) is 3.10. The van der Waals surface area contributed by atoms with Gasteiger partial charge in [-0.25, -0.2) is 4.98 Å². The third kappa shape index (κ3) is 2.10. The number of para-hydroxylation sites is 1. The minimum atomic E-state index is 0.0346. The summed E-state index contributed by atoms with van der Waals surface area (Å²) in [5, 5.41) is 0. The first-order valence-corrected chi connectivity index (χ1v) is 6.74. The van der Waals surface area contributed by atoms with Crippen molar-refractivity contribution in [2.75, 3.05) is 11.4 Å². The zero-order chi connectivity index (χ0) is 13.4. The van der Waals surface area contributed by atoms with E-state index in [2.05, 4.69) is 47.1 Å². The number of aromatic nitrogens is 1. The van der Waals surface area contributed by atoms with Crippen molar-refractivity contribution in [3.8, 4) is 0 Å². The highest BCUT2D eigenvalue weighted by molar-refractivity contribution is 5.67. The van der Waals surface area contributed by atoms with E-state index in [9.17, 15) is 0 Å². The Balaban J connectivity index is 1.99. The Kier molecular flexibility index (Phi) is 2.99. The molecule has 0 amide bonds. The number of benzene rings is 1. The van der Waals surface area contributed by atoms with E-state index >= 15 is 0 Å². The molecule has 2 N–H and O–H groups in total. The van der Waals surface area contributed by atoms with Crippen molar-refractivity contribution in [2.24, 2.45) is 5.73 Å². The van der Waals surface area contributed by atoms with Crippen LogP contribution in [0.4, 0.5) is 11.5 Å². The lowest BCUT2D eigenvalue weighted by atomic mass is 10.1. The number of aryl methyl sites for hydroxylation is 1. The SMILES string of the molecule is Cc1cc(N2CCc3ccccc32)ncc1[C@H](C)N. The summed E-state index contributed by atoms with van der Waals surface area (Å²) in [4.78, 5) is 6.87. The highest BCUT2D eigenvalue weighted by atomic mass is 15.2. The molecular weight excluding hydrogens is 234 g/mol. The fraction of sp³-hybridized carbons (Fsp3) is 0.312. The highest BCUT2D eigenvalue weighted by Crippen LogP contribution is 2.33. The van der Waals surface area contributed by atoms with Gasteiger partial charge in [-0.05, 0) is 49.1 Å². The zero-order valence-electron chi connectivity index (χ0n) is 11.4. The van der Waals surface area contributed by atoms with E-state index in [0.29, 0.717) is 0 Å². The summed E-state index contributed by atoms with van der Waals surface area (Å²) in [5.41, 5.74) is 11.0. The zero-order valence-corrected chi connectivity index (χ0v) is 11.4. The second-order valence-electron chi connectivity index (χ2n) is 5.22. The molecule has 0 bridgehead atoms. The van der Waals surface area contributed by atoms with Crippen molar-refractivity contribution < 1.29 is 0 Å². The van der Waals surface area contributed by atoms with Crippen LogP contribution in [0.1, 0.15) is 29.7 Å². The van der Waals surface area contributed by atoms with Crippen molar-refractivity contribution in [1.82, 2.24) is 4.98 Å². The molecule has 0 radical (unpaired) electrons. The first-order valence-electron chi connectivity index (χ1n) is 6.74. The Bertz CT molecular complexity index is 605. The Morgan fingerprint density at radius 1 is 1.32 bits per heavy atom. The lowest BCUT2D eigenvalue weighted by Crippen LogP contribution is -2.16. The van der Waals surface area contributed by atoms with Crippen molar-refractivity contribution in [1.29, 1.82) is 0 Å². The van der Waals surface area contributed by atoms with Gasteiger partial charge in [0.05, 0.1) is 0 Å². The number of hydrogen-bond donors (Lipinski definition) is 1. The van der Waals surface area contributed by atoms with Crippen LogP contribution >= 0.6 is 0 Å². The summed E-state index contributed by atoms with van der Waals surface area (Å²) in [7, 11) is 0. The molecule has 0 fully saturated rings. The van der Waals surface area contributed by atoms with E-state index in [0.717, 1.165) is 24.3 Å². The highest BCUT2D eigenvalue weighted by Gasteiger charge is 2.21. The van der Waals surface area contributed by atoms with Gasteiger partial charge in [0.25, 0.3) is 0 Å². The molecule has 0 saturated heterocycles. The molecule has 98 valence electrons. The molecule has 1 aromatic heterocycles. The summed E-state index contributed by atoms with van der Waals surface area (Å²) in [6, 6.07) is 10.7. The lowest BCUT2D eigenvalue weighted by molar-refractivity contribution is 0.801. The van der Waals surface area contributed by atoms with Crippen LogP contribution in [0, 0.1) is 6.92 Å². The number of anilines is 2. The van der Waals surface area contributed by atoms with Crippen LogP contribution in [0.15, 0.2) is 36.5 Å². The largest absolute Gasteiger partial charge is 0.326 e. The van der Waals surface area contributed by atoms with E-state index in [-0.39, 0.29) is 6.04 Å². The molecule has 1 aliphatic rings. The van der Waals surface area contributed by atoms with Crippen LogP contribution in [0.25, 0.3) is 0 Å². The Labute approximate surface area is 114 Å². The molecule has 1 aliphatic heterocycles. The fourth-order valence-corrected chi connectivity index (χ4v) is 2.75. The molecular formula is C16H19N3. The second-order valence-corrected chi connectivity index (χ2v) is 5.22. The van der Waals surface area contributed by atoms with E-state index < -0.39 is 0 Å². The minimum absolute atomic E-state index is 0.0346. The van der Waals surface area contributed by atoms with Crippen LogP contribution in [0.5, 0.6) is 0 Å². The normalized spacial score (nSPS) is 15.4. The van der Waals surface area contributed by atoms with Gasteiger partial charge in [-0.2, -0.15) is 0 Å². The van der Waals surface area contributed by atoms with Crippen molar-refractivity contribution >= 4 is 11.5 Å². The van der Waals surface area contributed by atoms with Crippen LogP contribution in [0.3, 0.4) is 0 Å². The molecule has 0 spiro atoms. The molecule has 1 aromatic carbocycles. The van der Waals surface area contributed by atoms with Crippen LogP contribution in [-0.4, -0.2) is 11.5 Å². The van der Waals surface area contributed by atoms with E-state index in [4.69, 9.17) is 5.73 Å². The number of hydrogen-bond acceptors (Lipinski definition) is 3. The van der Waals surface area contributed by atoms with Gasteiger partial charge in [-0.1, -0.05) is 18.2 Å². The number of rotatable bonds is 2. The average Bonchev–Trinajstić information content (AvgIpc) is 2.82. The standard InChI is InChI=1S/C16H19N3/c1-11-9-16(18-10-14(11)12(2)17)19-8-7-13-5-3-4-6-15(13)19/h3-6,9-10,12H,7-8,17H2,1-2H3/t12-/m0/s1. The van der Waals surface area contributed by atoms with Gasteiger partial charge in [0.2, 0.25) is 0 Å². The van der Waals surface area contributed by atoms with E-state index in [1.165, 1.54) is 16.8 Å². The third-order valence-corrected chi connectivity index (χ3v) is 3.79. The molecule has 0 unspecified atom stereocenters. The maximum atomic E-state index is 5.94. The van der Waals surface area contributed by atoms with E-state index in [1.807, 2.05) is 13.1 Å². The number of fused-ring (bicyclic) bond motifs is 1. The number of nitrogens with two attached hydrogens (primary N) is 1. The van der Waals surface area contributed by atoms with Gasteiger partial charge in [-0.3, -0.25) is 0 Å². The first kappa shape index (κ1) is 12.2. The van der Waals surface area contributed by atoms with E-state index in [1.54, 1.807) is 0 Å². The van der Waals surface area contributed by atoms with Gasteiger partial charge in [0.1, 0.15) is 5.82 Å². The summed E-state index contributed by atoms with van der Waals surface area (Å²) >= 11 is 0. The van der Waals surface area contributed by atoms with Crippen molar-refractivity contribution in [3.05, 3.63) is 53.2 Å². The molecule has 19 heavy (non-hydrogen) atoms. The monoisotopic (exact) mass is 253 g/mol. The molecule has 2 heterocycles. The second kappa shape index (κ2) is 4.67. The number of nitrogens with zero attached hydrogens (tertiary/aromatic N) is 2. The topological polar surface area (TPSA) is 42.2 Å². The third-order valence-electron chi connectivity index (χ3n) is 3.79. The van der Waals surface area contributed by atoms with Crippen LogP contribution in [-0.2, 0) is 6.42 Å². The maximum absolute atomic E-state index is 5.94. The van der Waals surface area contributed by atoms with Crippen molar-refractivity contribution in [2.45, 2.75) is 26.3 Å². The van der Waals surface area contributed by atoms with Crippen LogP contribution in [0.2, 0.25) is 0 Å². The Hall–Kier alpha value is -1.87. The smallest absolute Gasteiger partial charge is 0.133 e. The van der Waals surface area contributed by atoms with Crippen LogP contribution < -0.4 is 10.6 Å². The fourth-order valence-electron chi connectivity index (χ4n) is 2.75. The molecule has 0 saturated carbocycles. The molecule has 3 nitrogen and oxygen atoms in total. The molecule has 3 heteroatoms. The Morgan fingerprint density at radius 3 is 2.84 bits per heavy atom. The summed E-state index contributed by atoms with van der Waals surface area (Å²) in [6.45, 7) is 5.10. The average molecular weight is 253 g/mol. The quantitative estimate of drug-likeness (QED) is 0.894. The predicted molar refractivity (Wildman–Crippen MR) is 78.7 cm³/mol. The first-order chi connectivity index (χ1) is 9.16. The summed E-state index contributed by atoms with van der Waals surface area (Å²) < 4.78 is 0. The van der Waals surface area contributed by atoms with Gasteiger partial charge < -0.3 is 10.6 Å². The molecule has 0 aliphatic carbocycles.